The van der Waals surface area contributed by atoms with Crippen LogP contribution in [-0.4, -0.2) is 23.7 Å². The molecule has 0 saturated carbocycles. The molecule has 0 aliphatic carbocycles. The van der Waals surface area contributed by atoms with E-state index < -0.39 is 0 Å². The molecular formula is C21H17ClN2O4. The van der Waals surface area contributed by atoms with Crippen LogP contribution in [0.25, 0.3) is 0 Å². The van der Waals surface area contributed by atoms with Crippen molar-refractivity contribution in [2.45, 2.75) is 6.54 Å². The van der Waals surface area contributed by atoms with E-state index in [4.69, 9.17) is 21.1 Å². The summed E-state index contributed by atoms with van der Waals surface area (Å²) in [6.07, 6.45) is 1.54. The summed E-state index contributed by atoms with van der Waals surface area (Å²) in [6.45, 7) is 1.30. The largest absolute Gasteiger partial charge is 0.486 e. The monoisotopic (exact) mass is 396 g/mol. The van der Waals surface area contributed by atoms with Crippen molar-refractivity contribution in [1.29, 1.82) is 0 Å². The molecule has 1 N–H and O–H groups in total. The number of benzene rings is 2. The van der Waals surface area contributed by atoms with Gasteiger partial charge in [0.05, 0.1) is 12.1 Å². The molecule has 6 nitrogen and oxygen atoms in total. The van der Waals surface area contributed by atoms with Crippen molar-refractivity contribution < 1.29 is 14.3 Å². The molecule has 3 aromatic rings. The molecule has 2 aromatic carbocycles. The fraction of sp³-hybridized carbons (Fsp3) is 0.143. The third-order valence-corrected chi connectivity index (χ3v) is 4.52. The maximum atomic E-state index is 12.6. The number of nitrogens with one attached hydrogen (secondary N) is 1. The summed E-state index contributed by atoms with van der Waals surface area (Å²) in [5.74, 6) is 0.922. The number of carbonyl (C=O) groups is 1. The molecule has 4 rings (SSSR count). The summed E-state index contributed by atoms with van der Waals surface area (Å²) in [4.78, 5) is 24.8. The first-order valence-corrected chi connectivity index (χ1v) is 9.12. The van der Waals surface area contributed by atoms with Crippen molar-refractivity contribution in [3.05, 3.63) is 87.3 Å². The van der Waals surface area contributed by atoms with Crippen molar-refractivity contribution in [2.24, 2.45) is 0 Å². The predicted molar refractivity (Wildman–Crippen MR) is 107 cm³/mol. The van der Waals surface area contributed by atoms with Crippen LogP contribution in [0, 0.1) is 0 Å². The van der Waals surface area contributed by atoms with Gasteiger partial charge in [-0.05, 0) is 35.9 Å². The highest BCUT2D eigenvalue weighted by atomic mass is 35.5. The molecule has 0 radical (unpaired) electrons. The molecule has 0 atom stereocenters. The average molecular weight is 397 g/mol. The van der Waals surface area contributed by atoms with Gasteiger partial charge < -0.3 is 19.4 Å². The number of rotatable bonds is 4. The summed E-state index contributed by atoms with van der Waals surface area (Å²) in [7, 11) is 0. The van der Waals surface area contributed by atoms with Gasteiger partial charge in [-0.3, -0.25) is 9.59 Å². The van der Waals surface area contributed by atoms with E-state index in [1.54, 1.807) is 30.3 Å². The van der Waals surface area contributed by atoms with E-state index in [9.17, 15) is 9.59 Å². The second-order valence-electron chi connectivity index (χ2n) is 6.33. The lowest BCUT2D eigenvalue weighted by molar-refractivity contribution is 0.102. The van der Waals surface area contributed by atoms with Gasteiger partial charge in [-0.15, -0.1) is 0 Å². The van der Waals surface area contributed by atoms with Gasteiger partial charge in [-0.2, -0.15) is 0 Å². The number of anilines is 1. The highest BCUT2D eigenvalue weighted by Gasteiger charge is 2.14. The van der Waals surface area contributed by atoms with Crippen molar-refractivity contribution in [2.75, 3.05) is 18.5 Å². The molecule has 1 aromatic heterocycles. The molecule has 1 amide bonds. The standard InChI is InChI=1S/C21H17ClN2O4/c22-16-3-1-2-14(10-16)12-24-13-15(4-7-20(24)25)21(26)23-17-5-6-18-19(11-17)28-9-8-27-18/h1-7,10-11,13H,8-9,12H2,(H,23,26). The Morgan fingerprint density at radius 2 is 1.86 bits per heavy atom. The summed E-state index contributed by atoms with van der Waals surface area (Å²) < 4.78 is 12.5. The summed E-state index contributed by atoms with van der Waals surface area (Å²) in [5, 5.41) is 3.41. The third-order valence-electron chi connectivity index (χ3n) is 4.29. The summed E-state index contributed by atoms with van der Waals surface area (Å²) in [5.41, 5.74) is 1.63. The first-order chi connectivity index (χ1) is 13.6. The van der Waals surface area contributed by atoms with Gasteiger partial charge >= 0.3 is 0 Å². The minimum Gasteiger partial charge on any atom is -0.486 e. The quantitative estimate of drug-likeness (QED) is 0.732. The lowest BCUT2D eigenvalue weighted by Gasteiger charge is -2.19. The number of carbonyl (C=O) groups excluding carboxylic acids is 1. The smallest absolute Gasteiger partial charge is 0.257 e. The van der Waals surface area contributed by atoms with Crippen LogP contribution in [0.5, 0.6) is 11.5 Å². The van der Waals surface area contributed by atoms with Gasteiger partial charge in [0.1, 0.15) is 13.2 Å². The number of aromatic nitrogens is 1. The Morgan fingerprint density at radius 3 is 2.68 bits per heavy atom. The van der Waals surface area contributed by atoms with E-state index in [2.05, 4.69) is 5.32 Å². The molecule has 0 saturated heterocycles. The molecular weight excluding hydrogens is 380 g/mol. The van der Waals surface area contributed by atoms with Gasteiger partial charge in [-0.1, -0.05) is 23.7 Å². The second-order valence-corrected chi connectivity index (χ2v) is 6.76. The van der Waals surface area contributed by atoms with Crippen LogP contribution in [-0.2, 0) is 6.54 Å². The zero-order chi connectivity index (χ0) is 19.5. The number of amides is 1. The number of fused-ring (bicyclic) bond motifs is 1. The Morgan fingerprint density at radius 1 is 1.04 bits per heavy atom. The molecule has 0 spiro atoms. The van der Waals surface area contributed by atoms with Gasteiger partial charge in [0.15, 0.2) is 11.5 Å². The highest BCUT2D eigenvalue weighted by Crippen LogP contribution is 2.32. The van der Waals surface area contributed by atoms with E-state index in [0.717, 1.165) is 5.56 Å². The molecule has 0 fully saturated rings. The number of halogens is 1. The fourth-order valence-electron chi connectivity index (χ4n) is 2.95. The van der Waals surface area contributed by atoms with Gasteiger partial charge in [-0.25, -0.2) is 0 Å². The Balaban J connectivity index is 1.54. The second kappa shape index (κ2) is 7.78. The first kappa shape index (κ1) is 18.1. The summed E-state index contributed by atoms with van der Waals surface area (Å²) >= 11 is 6.00. The lowest BCUT2D eigenvalue weighted by Crippen LogP contribution is -2.22. The van der Waals surface area contributed by atoms with Crippen LogP contribution in [0.2, 0.25) is 5.02 Å². The number of hydrogen-bond donors (Lipinski definition) is 1. The Bertz CT molecular complexity index is 1090. The van der Waals surface area contributed by atoms with Crippen molar-refractivity contribution in [3.8, 4) is 11.5 Å². The van der Waals surface area contributed by atoms with Gasteiger partial charge in [0, 0.05) is 29.0 Å². The SMILES string of the molecule is O=C(Nc1ccc2c(c1)OCCO2)c1ccc(=O)n(Cc2cccc(Cl)c2)c1. The van der Waals surface area contributed by atoms with Gasteiger partial charge in [0.2, 0.25) is 0 Å². The normalized spacial score (nSPS) is 12.5. The maximum Gasteiger partial charge on any atom is 0.257 e. The lowest BCUT2D eigenvalue weighted by atomic mass is 10.2. The topological polar surface area (TPSA) is 69.6 Å². The molecule has 0 unspecified atom stereocenters. The molecule has 142 valence electrons. The van der Waals surface area contributed by atoms with Crippen LogP contribution in [0.3, 0.4) is 0 Å². The molecule has 7 heteroatoms. The van der Waals surface area contributed by atoms with Crippen LogP contribution in [0.15, 0.2) is 65.6 Å². The minimum absolute atomic E-state index is 0.198. The number of pyridine rings is 1. The van der Waals surface area contributed by atoms with Crippen molar-refractivity contribution in [3.63, 3.8) is 0 Å². The first-order valence-electron chi connectivity index (χ1n) is 8.74. The van der Waals surface area contributed by atoms with Gasteiger partial charge in [0.25, 0.3) is 11.5 Å². The van der Waals surface area contributed by atoms with E-state index in [-0.39, 0.29) is 11.5 Å². The predicted octanol–water partition coefficient (Wildman–Crippen LogP) is 3.57. The zero-order valence-corrected chi connectivity index (χ0v) is 15.6. The number of nitrogens with zero attached hydrogens (tertiary/aromatic N) is 1. The minimum atomic E-state index is -0.323. The molecule has 1 aliphatic heterocycles. The van der Waals surface area contributed by atoms with Crippen LogP contribution in [0.4, 0.5) is 5.69 Å². The molecule has 2 heterocycles. The van der Waals surface area contributed by atoms with E-state index in [0.29, 0.717) is 47.5 Å². The zero-order valence-electron chi connectivity index (χ0n) is 14.9. The Hall–Kier alpha value is -3.25. The van der Waals surface area contributed by atoms with E-state index >= 15 is 0 Å². The highest BCUT2D eigenvalue weighted by molar-refractivity contribution is 6.30. The van der Waals surface area contributed by atoms with Crippen LogP contribution in [0.1, 0.15) is 15.9 Å². The van der Waals surface area contributed by atoms with E-state index in [1.165, 1.54) is 22.9 Å². The molecule has 28 heavy (non-hydrogen) atoms. The number of hydrogen-bond acceptors (Lipinski definition) is 4. The van der Waals surface area contributed by atoms with Crippen molar-refractivity contribution >= 4 is 23.2 Å². The van der Waals surface area contributed by atoms with Crippen molar-refractivity contribution in [1.82, 2.24) is 4.57 Å². The third kappa shape index (κ3) is 4.02. The molecule has 0 bridgehead atoms. The van der Waals surface area contributed by atoms with Crippen LogP contribution < -0.4 is 20.3 Å². The van der Waals surface area contributed by atoms with E-state index in [1.807, 2.05) is 12.1 Å². The van der Waals surface area contributed by atoms with Crippen LogP contribution >= 0.6 is 11.6 Å². The summed E-state index contributed by atoms with van der Waals surface area (Å²) in [6, 6.07) is 15.3. The Labute approximate surface area is 166 Å². The average Bonchev–Trinajstić information content (AvgIpc) is 2.69. The fourth-order valence-corrected chi connectivity index (χ4v) is 3.16. The maximum absolute atomic E-state index is 12.6. The Kier molecular flexibility index (Phi) is 5.04. The number of ether oxygens (including phenoxy) is 2. The molecule has 1 aliphatic rings.